The maximum absolute atomic E-state index is 12.5. The minimum absolute atomic E-state index is 0.0454. The third-order valence-electron chi connectivity index (χ3n) is 4.78. The zero-order chi connectivity index (χ0) is 16.4. The summed E-state index contributed by atoms with van der Waals surface area (Å²) in [7, 11) is 0. The second-order valence-electron chi connectivity index (χ2n) is 6.32. The number of hydrogen-bond donors (Lipinski definition) is 0. The van der Waals surface area contributed by atoms with Gasteiger partial charge in [-0.15, -0.1) is 0 Å². The molecular weight excluding hydrogens is 286 g/mol. The number of fused-ring (bicyclic) bond motifs is 1. The van der Waals surface area contributed by atoms with Crippen LogP contribution in [0.2, 0.25) is 0 Å². The minimum Gasteiger partial charge on any atom is -0.338 e. The summed E-state index contributed by atoms with van der Waals surface area (Å²) in [4.78, 5) is 18.9. The van der Waals surface area contributed by atoms with E-state index in [0.717, 1.165) is 38.3 Å². The molecule has 0 unspecified atom stereocenters. The molecule has 0 bridgehead atoms. The number of benzene rings is 1. The van der Waals surface area contributed by atoms with Gasteiger partial charge >= 0.3 is 0 Å². The lowest BCUT2D eigenvalue weighted by molar-refractivity contribution is 0.0767. The molecule has 0 saturated carbocycles. The number of amides is 1. The average molecular weight is 311 g/mol. The molecule has 1 aromatic carbocycles. The SMILES string of the molecule is CCN(CC)C(=O)c1cn2c(n1)CC[C@@H](c1cccc(C)c1)C2. The van der Waals surface area contributed by atoms with Crippen molar-refractivity contribution in [1.29, 1.82) is 0 Å². The number of carbonyl (C=O) groups excluding carboxylic acids is 1. The Bertz CT molecular complexity index is 700. The molecule has 2 aromatic rings. The van der Waals surface area contributed by atoms with E-state index in [2.05, 4.69) is 40.7 Å². The number of aromatic nitrogens is 2. The Morgan fingerprint density at radius 1 is 1.35 bits per heavy atom. The molecule has 1 aliphatic rings. The molecule has 1 aliphatic heterocycles. The van der Waals surface area contributed by atoms with Crippen LogP contribution in [0.15, 0.2) is 30.5 Å². The highest BCUT2D eigenvalue weighted by Gasteiger charge is 2.24. The van der Waals surface area contributed by atoms with Gasteiger partial charge in [-0.1, -0.05) is 29.8 Å². The number of carbonyl (C=O) groups is 1. The van der Waals surface area contributed by atoms with Crippen LogP contribution in [0.3, 0.4) is 0 Å². The van der Waals surface area contributed by atoms with Gasteiger partial charge in [-0.2, -0.15) is 0 Å². The van der Waals surface area contributed by atoms with Crippen LogP contribution in [0.25, 0.3) is 0 Å². The summed E-state index contributed by atoms with van der Waals surface area (Å²) in [5.41, 5.74) is 3.28. The smallest absolute Gasteiger partial charge is 0.274 e. The highest BCUT2D eigenvalue weighted by atomic mass is 16.2. The summed E-state index contributed by atoms with van der Waals surface area (Å²) in [6.45, 7) is 8.51. The van der Waals surface area contributed by atoms with Crippen LogP contribution in [0, 0.1) is 6.92 Å². The van der Waals surface area contributed by atoms with Gasteiger partial charge in [0.1, 0.15) is 11.5 Å². The van der Waals surface area contributed by atoms with Crippen LogP contribution < -0.4 is 0 Å². The van der Waals surface area contributed by atoms with Crippen molar-refractivity contribution in [1.82, 2.24) is 14.5 Å². The van der Waals surface area contributed by atoms with Crippen LogP contribution >= 0.6 is 0 Å². The van der Waals surface area contributed by atoms with Crippen molar-refractivity contribution in [3.8, 4) is 0 Å². The molecule has 1 amide bonds. The van der Waals surface area contributed by atoms with Gasteiger partial charge < -0.3 is 9.47 Å². The number of hydrogen-bond acceptors (Lipinski definition) is 2. The monoisotopic (exact) mass is 311 g/mol. The zero-order valence-corrected chi connectivity index (χ0v) is 14.2. The highest BCUT2D eigenvalue weighted by Crippen LogP contribution is 2.29. The van der Waals surface area contributed by atoms with E-state index in [0.29, 0.717) is 11.6 Å². The topological polar surface area (TPSA) is 38.1 Å². The molecule has 1 aromatic heterocycles. The Morgan fingerprint density at radius 3 is 2.83 bits per heavy atom. The second kappa shape index (κ2) is 6.57. The summed E-state index contributed by atoms with van der Waals surface area (Å²) < 4.78 is 2.17. The first-order chi connectivity index (χ1) is 11.1. The molecule has 0 aliphatic carbocycles. The Labute approximate surface area is 138 Å². The molecule has 4 heteroatoms. The number of nitrogens with zero attached hydrogens (tertiary/aromatic N) is 3. The molecule has 3 rings (SSSR count). The molecule has 2 heterocycles. The molecule has 0 fully saturated rings. The molecule has 0 N–H and O–H groups in total. The van der Waals surface area contributed by atoms with E-state index in [1.807, 2.05) is 24.9 Å². The highest BCUT2D eigenvalue weighted by molar-refractivity contribution is 5.92. The fourth-order valence-electron chi connectivity index (χ4n) is 3.42. The molecular formula is C19H25N3O. The van der Waals surface area contributed by atoms with Crippen LogP contribution in [0.1, 0.15) is 53.6 Å². The predicted octanol–water partition coefficient (Wildman–Crippen LogP) is 3.40. The second-order valence-corrected chi connectivity index (χ2v) is 6.32. The molecule has 1 atom stereocenters. The fraction of sp³-hybridized carbons (Fsp3) is 0.474. The maximum Gasteiger partial charge on any atom is 0.274 e. The van der Waals surface area contributed by atoms with Gasteiger partial charge in [-0.05, 0) is 32.8 Å². The average Bonchev–Trinajstić information content (AvgIpc) is 2.99. The van der Waals surface area contributed by atoms with E-state index in [1.54, 1.807) is 0 Å². The van der Waals surface area contributed by atoms with E-state index < -0.39 is 0 Å². The van der Waals surface area contributed by atoms with Crippen molar-refractivity contribution in [3.05, 3.63) is 53.1 Å². The number of rotatable bonds is 4. The van der Waals surface area contributed by atoms with Gasteiger partial charge in [-0.25, -0.2) is 4.98 Å². The van der Waals surface area contributed by atoms with E-state index in [1.165, 1.54) is 11.1 Å². The first kappa shape index (κ1) is 15.8. The van der Waals surface area contributed by atoms with E-state index in [4.69, 9.17) is 0 Å². The molecule has 4 nitrogen and oxygen atoms in total. The van der Waals surface area contributed by atoms with Crippen molar-refractivity contribution in [2.24, 2.45) is 0 Å². The van der Waals surface area contributed by atoms with Crippen LogP contribution in [0.4, 0.5) is 0 Å². The lowest BCUT2D eigenvalue weighted by atomic mass is 9.91. The minimum atomic E-state index is 0.0454. The van der Waals surface area contributed by atoms with Gasteiger partial charge in [0.15, 0.2) is 0 Å². The van der Waals surface area contributed by atoms with E-state index >= 15 is 0 Å². The van der Waals surface area contributed by atoms with Crippen LogP contribution in [-0.4, -0.2) is 33.4 Å². The van der Waals surface area contributed by atoms with E-state index in [9.17, 15) is 4.79 Å². The van der Waals surface area contributed by atoms with Crippen LogP contribution in [-0.2, 0) is 13.0 Å². The molecule has 0 spiro atoms. The fourth-order valence-corrected chi connectivity index (χ4v) is 3.42. The Hall–Kier alpha value is -2.10. The quantitative estimate of drug-likeness (QED) is 0.868. The summed E-state index contributed by atoms with van der Waals surface area (Å²) in [5, 5.41) is 0. The van der Waals surface area contributed by atoms with Gasteiger partial charge in [0.25, 0.3) is 5.91 Å². The van der Waals surface area contributed by atoms with Crippen molar-refractivity contribution >= 4 is 5.91 Å². The lowest BCUT2D eigenvalue weighted by Gasteiger charge is -2.24. The molecule has 122 valence electrons. The third-order valence-corrected chi connectivity index (χ3v) is 4.78. The van der Waals surface area contributed by atoms with Gasteiger partial charge in [-0.3, -0.25) is 4.79 Å². The van der Waals surface area contributed by atoms with Crippen molar-refractivity contribution in [3.63, 3.8) is 0 Å². The largest absolute Gasteiger partial charge is 0.338 e. The first-order valence-corrected chi connectivity index (χ1v) is 8.54. The molecule has 23 heavy (non-hydrogen) atoms. The summed E-state index contributed by atoms with van der Waals surface area (Å²) >= 11 is 0. The van der Waals surface area contributed by atoms with Gasteiger partial charge in [0, 0.05) is 38.2 Å². The molecule has 0 saturated heterocycles. The lowest BCUT2D eigenvalue weighted by Crippen LogP contribution is -2.30. The Balaban J connectivity index is 1.81. The molecule has 0 radical (unpaired) electrons. The van der Waals surface area contributed by atoms with Crippen molar-refractivity contribution in [2.45, 2.75) is 46.1 Å². The summed E-state index contributed by atoms with van der Waals surface area (Å²) in [6, 6.07) is 8.75. The maximum atomic E-state index is 12.5. The Morgan fingerprint density at radius 2 is 2.13 bits per heavy atom. The van der Waals surface area contributed by atoms with Crippen LogP contribution in [0.5, 0.6) is 0 Å². The standard InChI is InChI=1S/C19H25N3O/c1-4-21(5-2)19(23)17-13-22-12-16(9-10-18(22)20-17)15-8-6-7-14(3)11-15/h6-8,11,13,16H,4-5,9-10,12H2,1-3H3/t16-/m1/s1. The van der Waals surface area contributed by atoms with E-state index in [-0.39, 0.29) is 5.91 Å². The van der Waals surface area contributed by atoms with Crippen molar-refractivity contribution in [2.75, 3.05) is 13.1 Å². The van der Waals surface area contributed by atoms with Gasteiger partial charge in [0.2, 0.25) is 0 Å². The first-order valence-electron chi connectivity index (χ1n) is 8.54. The van der Waals surface area contributed by atoms with Crippen molar-refractivity contribution < 1.29 is 4.79 Å². The normalized spacial score (nSPS) is 16.9. The third kappa shape index (κ3) is 3.16. The van der Waals surface area contributed by atoms with Gasteiger partial charge in [0.05, 0.1) is 0 Å². The summed E-state index contributed by atoms with van der Waals surface area (Å²) in [6.07, 6.45) is 3.97. The number of imidazole rings is 1. The number of aryl methyl sites for hydroxylation is 2. The summed E-state index contributed by atoms with van der Waals surface area (Å²) in [5.74, 6) is 1.60. The predicted molar refractivity (Wildman–Crippen MR) is 91.7 cm³/mol. The zero-order valence-electron chi connectivity index (χ0n) is 14.2. The Kier molecular flexibility index (Phi) is 4.51.